The zero-order chi connectivity index (χ0) is 11.7. The summed E-state index contributed by atoms with van der Waals surface area (Å²) in [5.74, 6) is -0.817. The van der Waals surface area contributed by atoms with Crippen molar-refractivity contribution in [1.82, 2.24) is 0 Å². The van der Waals surface area contributed by atoms with Gasteiger partial charge in [-0.05, 0) is 24.1 Å². The van der Waals surface area contributed by atoms with Gasteiger partial charge in [0.25, 0.3) is 0 Å². The van der Waals surface area contributed by atoms with E-state index in [1.807, 2.05) is 4.90 Å². The average molecular weight is 223 g/mol. The molecule has 1 aliphatic heterocycles. The van der Waals surface area contributed by atoms with Crippen LogP contribution in [0.25, 0.3) is 0 Å². The highest BCUT2D eigenvalue weighted by Gasteiger charge is 2.22. The van der Waals surface area contributed by atoms with Crippen LogP contribution >= 0.6 is 0 Å². The lowest BCUT2D eigenvalue weighted by atomic mass is 10.1. The van der Waals surface area contributed by atoms with Crippen LogP contribution in [-0.4, -0.2) is 25.0 Å². The number of hydrogen-bond acceptors (Lipinski definition) is 3. The molecule has 1 heterocycles. The number of carbonyl (C=O) groups excluding carboxylic acids is 1. The molecule has 5 heteroatoms. The number of primary amides is 1. The van der Waals surface area contributed by atoms with E-state index in [1.54, 1.807) is 6.07 Å². The second-order valence-electron chi connectivity index (χ2n) is 3.98. The monoisotopic (exact) mass is 223 g/mol. The number of carbonyl (C=O) groups is 1. The first-order chi connectivity index (χ1) is 7.58. The number of nitrogens with two attached hydrogens (primary N) is 2. The van der Waals surface area contributed by atoms with Crippen molar-refractivity contribution in [1.29, 1.82) is 0 Å². The van der Waals surface area contributed by atoms with Crippen molar-refractivity contribution in [3.63, 3.8) is 0 Å². The van der Waals surface area contributed by atoms with Crippen LogP contribution in [-0.2, 0) is 11.2 Å². The Morgan fingerprint density at radius 1 is 1.56 bits per heavy atom. The van der Waals surface area contributed by atoms with Gasteiger partial charge >= 0.3 is 0 Å². The van der Waals surface area contributed by atoms with Crippen LogP contribution in [0.5, 0.6) is 0 Å². The van der Waals surface area contributed by atoms with Gasteiger partial charge in [0.1, 0.15) is 11.9 Å². The number of amides is 1. The highest BCUT2D eigenvalue weighted by Crippen LogP contribution is 2.28. The highest BCUT2D eigenvalue weighted by molar-refractivity contribution is 5.80. The lowest BCUT2D eigenvalue weighted by Crippen LogP contribution is -2.45. The van der Waals surface area contributed by atoms with Gasteiger partial charge in [0.15, 0.2) is 0 Å². The van der Waals surface area contributed by atoms with Crippen molar-refractivity contribution >= 4 is 11.6 Å². The van der Waals surface area contributed by atoms with Gasteiger partial charge in [-0.3, -0.25) is 4.79 Å². The number of nitrogens with zero attached hydrogens (tertiary/aromatic N) is 1. The Morgan fingerprint density at radius 2 is 2.31 bits per heavy atom. The van der Waals surface area contributed by atoms with Gasteiger partial charge < -0.3 is 16.4 Å². The van der Waals surface area contributed by atoms with Crippen molar-refractivity contribution in [2.24, 2.45) is 11.5 Å². The van der Waals surface area contributed by atoms with Gasteiger partial charge in [-0.2, -0.15) is 0 Å². The van der Waals surface area contributed by atoms with E-state index in [4.69, 9.17) is 11.5 Å². The zero-order valence-electron chi connectivity index (χ0n) is 8.82. The van der Waals surface area contributed by atoms with E-state index in [1.165, 1.54) is 12.1 Å². The molecule has 0 saturated carbocycles. The third kappa shape index (κ3) is 1.99. The largest absolute Gasteiger partial charge is 0.369 e. The molecule has 1 amide bonds. The molecule has 2 rings (SSSR count). The normalized spacial score (nSPS) is 16.0. The van der Waals surface area contributed by atoms with E-state index >= 15 is 0 Å². The molecule has 0 aliphatic carbocycles. The van der Waals surface area contributed by atoms with E-state index in [0.717, 1.165) is 24.2 Å². The number of halogens is 1. The van der Waals surface area contributed by atoms with Crippen molar-refractivity contribution in [3.05, 3.63) is 29.6 Å². The summed E-state index contributed by atoms with van der Waals surface area (Å²) in [7, 11) is 0. The summed E-state index contributed by atoms with van der Waals surface area (Å²) in [6.45, 7) is 1.09. The smallest absolute Gasteiger partial charge is 0.236 e. The molecule has 1 unspecified atom stereocenters. The van der Waals surface area contributed by atoms with E-state index in [-0.39, 0.29) is 5.82 Å². The van der Waals surface area contributed by atoms with Gasteiger partial charge in [0.2, 0.25) is 5.91 Å². The van der Waals surface area contributed by atoms with Crippen molar-refractivity contribution in [2.75, 3.05) is 18.0 Å². The van der Waals surface area contributed by atoms with Crippen LogP contribution < -0.4 is 16.4 Å². The van der Waals surface area contributed by atoms with Gasteiger partial charge in [0, 0.05) is 18.8 Å². The molecule has 0 spiro atoms. The van der Waals surface area contributed by atoms with Gasteiger partial charge in [0.05, 0.1) is 0 Å². The molecule has 0 radical (unpaired) electrons. The fourth-order valence-corrected chi connectivity index (χ4v) is 1.94. The molecule has 0 bridgehead atoms. The minimum absolute atomic E-state index is 0.279. The van der Waals surface area contributed by atoms with Crippen LogP contribution in [0.4, 0.5) is 10.1 Å². The third-order valence-corrected chi connectivity index (χ3v) is 2.82. The average Bonchev–Trinajstić information content (AvgIpc) is 2.61. The predicted octanol–water partition coefficient (Wildman–Crippen LogP) is 0.000800. The predicted molar refractivity (Wildman–Crippen MR) is 59.5 cm³/mol. The Labute approximate surface area is 93.0 Å². The van der Waals surface area contributed by atoms with E-state index < -0.39 is 11.9 Å². The van der Waals surface area contributed by atoms with Crippen LogP contribution in [0, 0.1) is 5.82 Å². The molecule has 0 fully saturated rings. The van der Waals surface area contributed by atoms with Crippen LogP contribution in [0.15, 0.2) is 18.2 Å². The molecule has 0 saturated heterocycles. The van der Waals surface area contributed by atoms with Gasteiger partial charge in [-0.15, -0.1) is 0 Å². The summed E-state index contributed by atoms with van der Waals surface area (Å²) in [5, 5.41) is 0. The summed E-state index contributed by atoms with van der Waals surface area (Å²) >= 11 is 0. The number of rotatable bonds is 3. The molecular weight excluding hydrogens is 209 g/mol. The maximum Gasteiger partial charge on any atom is 0.236 e. The Kier molecular flexibility index (Phi) is 2.78. The zero-order valence-corrected chi connectivity index (χ0v) is 8.82. The summed E-state index contributed by atoms with van der Waals surface area (Å²) in [6, 6.07) is 3.96. The second kappa shape index (κ2) is 4.09. The Morgan fingerprint density at radius 3 is 3.00 bits per heavy atom. The second-order valence-corrected chi connectivity index (χ2v) is 3.98. The summed E-state index contributed by atoms with van der Waals surface area (Å²) in [6.07, 6.45) is 0.848. The van der Waals surface area contributed by atoms with E-state index in [0.29, 0.717) is 6.54 Å². The number of benzene rings is 1. The Hall–Kier alpha value is -1.62. The van der Waals surface area contributed by atoms with Crippen LogP contribution in [0.1, 0.15) is 5.56 Å². The molecule has 1 aliphatic rings. The molecule has 1 atom stereocenters. The highest BCUT2D eigenvalue weighted by atomic mass is 19.1. The van der Waals surface area contributed by atoms with Gasteiger partial charge in [-0.25, -0.2) is 4.39 Å². The number of hydrogen-bond donors (Lipinski definition) is 2. The van der Waals surface area contributed by atoms with E-state index in [2.05, 4.69) is 0 Å². The first-order valence-electron chi connectivity index (χ1n) is 5.16. The molecule has 16 heavy (non-hydrogen) atoms. The topological polar surface area (TPSA) is 72.3 Å². The first-order valence-corrected chi connectivity index (χ1v) is 5.16. The Bertz CT molecular complexity index is 422. The molecule has 0 aromatic heterocycles. The lowest BCUT2D eigenvalue weighted by molar-refractivity contribution is -0.119. The fraction of sp³-hybridized carbons (Fsp3) is 0.364. The molecule has 1 aromatic carbocycles. The van der Waals surface area contributed by atoms with Crippen molar-refractivity contribution < 1.29 is 9.18 Å². The van der Waals surface area contributed by atoms with Crippen molar-refractivity contribution in [2.45, 2.75) is 12.5 Å². The molecule has 4 nitrogen and oxygen atoms in total. The minimum atomic E-state index is -0.714. The number of anilines is 1. The standard InChI is InChI=1S/C11H14FN3O/c12-8-2-1-7-3-4-15(10(7)5-8)6-9(13)11(14)16/h1-2,5,9H,3-4,6,13H2,(H2,14,16). The molecule has 4 N–H and O–H groups in total. The maximum atomic E-state index is 13.1. The van der Waals surface area contributed by atoms with Crippen LogP contribution in [0.2, 0.25) is 0 Å². The molecule has 1 aromatic rings. The number of fused-ring (bicyclic) bond motifs is 1. The SMILES string of the molecule is NC(=O)C(N)CN1CCc2ccc(F)cc21. The molecule has 86 valence electrons. The van der Waals surface area contributed by atoms with Gasteiger partial charge in [-0.1, -0.05) is 6.07 Å². The maximum absolute atomic E-state index is 13.1. The van der Waals surface area contributed by atoms with E-state index in [9.17, 15) is 9.18 Å². The minimum Gasteiger partial charge on any atom is -0.369 e. The summed E-state index contributed by atoms with van der Waals surface area (Å²) in [4.78, 5) is 12.8. The summed E-state index contributed by atoms with van der Waals surface area (Å²) < 4.78 is 13.1. The lowest BCUT2D eigenvalue weighted by Gasteiger charge is -2.21. The van der Waals surface area contributed by atoms with Crippen molar-refractivity contribution in [3.8, 4) is 0 Å². The van der Waals surface area contributed by atoms with Crippen LogP contribution in [0.3, 0.4) is 0 Å². The third-order valence-electron chi connectivity index (χ3n) is 2.82. The quantitative estimate of drug-likeness (QED) is 0.757. The first kappa shape index (κ1) is 10.9. The Balaban J connectivity index is 2.17. The summed E-state index contributed by atoms with van der Waals surface area (Å²) in [5.41, 5.74) is 12.6. The fourth-order valence-electron chi connectivity index (χ4n) is 1.94. The molecular formula is C11H14FN3O.